The van der Waals surface area contributed by atoms with Gasteiger partial charge in [0.15, 0.2) is 12.0 Å². The van der Waals surface area contributed by atoms with Crippen LogP contribution in [-0.4, -0.2) is 34.5 Å². The zero-order chi connectivity index (χ0) is 13.2. The van der Waals surface area contributed by atoms with Crippen LogP contribution in [0, 0.1) is 0 Å². The molecule has 0 amide bonds. The van der Waals surface area contributed by atoms with Crippen molar-refractivity contribution in [3.8, 4) is 0 Å². The number of benzene rings is 1. The Morgan fingerprint density at radius 2 is 2.11 bits per heavy atom. The SMILES string of the molecule is CCN(CC)CCc1c[nH]c2ccc3ocnc3c12. The summed E-state index contributed by atoms with van der Waals surface area (Å²) < 4.78 is 5.38. The molecule has 0 aliphatic heterocycles. The number of aromatic amines is 1. The lowest BCUT2D eigenvalue weighted by atomic mass is 10.1. The quantitative estimate of drug-likeness (QED) is 0.763. The third kappa shape index (κ3) is 2.12. The third-order valence-electron chi connectivity index (χ3n) is 3.82. The van der Waals surface area contributed by atoms with Crippen molar-refractivity contribution in [1.82, 2.24) is 14.9 Å². The average Bonchev–Trinajstić information content (AvgIpc) is 3.04. The molecule has 0 fully saturated rings. The van der Waals surface area contributed by atoms with Crippen LogP contribution in [0.3, 0.4) is 0 Å². The smallest absolute Gasteiger partial charge is 0.182 e. The van der Waals surface area contributed by atoms with Gasteiger partial charge in [-0.1, -0.05) is 13.8 Å². The normalized spacial score (nSPS) is 11.9. The lowest BCUT2D eigenvalue weighted by molar-refractivity contribution is 0.308. The summed E-state index contributed by atoms with van der Waals surface area (Å²) >= 11 is 0. The van der Waals surface area contributed by atoms with Gasteiger partial charge in [0.05, 0.1) is 0 Å². The fourth-order valence-electron chi connectivity index (χ4n) is 2.63. The lowest BCUT2D eigenvalue weighted by Crippen LogP contribution is -2.25. The van der Waals surface area contributed by atoms with E-state index >= 15 is 0 Å². The molecule has 4 heteroatoms. The van der Waals surface area contributed by atoms with Gasteiger partial charge in [0.1, 0.15) is 5.52 Å². The first kappa shape index (κ1) is 12.2. The van der Waals surface area contributed by atoms with E-state index in [0.29, 0.717) is 0 Å². The number of rotatable bonds is 5. The van der Waals surface area contributed by atoms with Crippen LogP contribution in [0.4, 0.5) is 0 Å². The van der Waals surface area contributed by atoms with Gasteiger partial charge in [-0.05, 0) is 37.2 Å². The molecule has 1 aromatic carbocycles. The van der Waals surface area contributed by atoms with E-state index in [0.717, 1.165) is 42.7 Å². The van der Waals surface area contributed by atoms with E-state index in [1.807, 2.05) is 6.07 Å². The van der Waals surface area contributed by atoms with Crippen molar-refractivity contribution < 1.29 is 4.42 Å². The summed E-state index contributed by atoms with van der Waals surface area (Å²) in [5.41, 5.74) is 4.28. The van der Waals surface area contributed by atoms with Crippen LogP contribution in [-0.2, 0) is 6.42 Å². The maximum Gasteiger partial charge on any atom is 0.182 e. The second-order valence-corrected chi connectivity index (χ2v) is 4.78. The van der Waals surface area contributed by atoms with Gasteiger partial charge in [-0.2, -0.15) is 0 Å². The Hall–Kier alpha value is -1.81. The number of H-pyrrole nitrogens is 1. The monoisotopic (exact) mass is 257 g/mol. The summed E-state index contributed by atoms with van der Waals surface area (Å²) in [6.07, 6.45) is 4.65. The molecule has 0 bridgehead atoms. The van der Waals surface area contributed by atoms with E-state index in [1.165, 1.54) is 17.3 Å². The Kier molecular flexibility index (Phi) is 3.25. The second kappa shape index (κ2) is 5.05. The van der Waals surface area contributed by atoms with Crippen LogP contribution in [0.2, 0.25) is 0 Å². The molecule has 100 valence electrons. The van der Waals surface area contributed by atoms with Gasteiger partial charge in [0.25, 0.3) is 0 Å². The largest absolute Gasteiger partial charge is 0.443 e. The van der Waals surface area contributed by atoms with Crippen LogP contribution in [0.1, 0.15) is 19.4 Å². The number of likely N-dealkylation sites (N-methyl/N-ethyl adjacent to an activating group) is 1. The molecule has 3 rings (SSSR count). The third-order valence-corrected chi connectivity index (χ3v) is 3.82. The lowest BCUT2D eigenvalue weighted by Gasteiger charge is -2.17. The van der Waals surface area contributed by atoms with E-state index in [1.54, 1.807) is 0 Å². The second-order valence-electron chi connectivity index (χ2n) is 4.78. The maximum atomic E-state index is 5.38. The van der Waals surface area contributed by atoms with Crippen molar-refractivity contribution in [1.29, 1.82) is 0 Å². The highest BCUT2D eigenvalue weighted by atomic mass is 16.3. The van der Waals surface area contributed by atoms with E-state index in [2.05, 4.69) is 41.0 Å². The van der Waals surface area contributed by atoms with Gasteiger partial charge in [0.2, 0.25) is 0 Å². The molecule has 0 saturated carbocycles. The Labute approximate surface area is 112 Å². The predicted octanol–water partition coefficient (Wildman–Crippen LogP) is 3.19. The van der Waals surface area contributed by atoms with Gasteiger partial charge in [-0.25, -0.2) is 4.98 Å². The summed E-state index contributed by atoms with van der Waals surface area (Å²) in [5, 5.41) is 1.21. The molecule has 19 heavy (non-hydrogen) atoms. The summed E-state index contributed by atoms with van der Waals surface area (Å²) in [5.74, 6) is 0. The van der Waals surface area contributed by atoms with Gasteiger partial charge < -0.3 is 14.3 Å². The molecule has 0 radical (unpaired) electrons. The zero-order valence-corrected chi connectivity index (χ0v) is 11.4. The number of nitrogens with one attached hydrogen (secondary N) is 1. The first-order valence-corrected chi connectivity index (χ1v) is 6.88. The molecule has 0 atom stereocenters. The number of hydrogen-bond acceptors (Lipinski definition) is 3. The molecule has 1 N–H and O–H groups in total. The minimum absolute atomic E-state index is 0.858. The van der Waals surface area contributed by atoms with Crippen molar-refractivity contribution in [2.45, 2.75) is 20.3 Å². The molecular formula is C15H19N3O. The summed E-state index contributed by atoms with van der Waals surface area (Å²) in [6.45, 7) is 7.67. The Morgan fingerprint density at radius 3 is 2.89 bits per heavy atom. The van der Waals surface area contributed by atoms with E-state index in [9.17, 15) is 0 Å². The minimum atomic E-state index is 0.858. The molecule has 2 heterocycles. The van der Waals surface area contributed by atoms with E-state index in [-0.39, 0.29) is 0 Å². The van der Waals surface area contributed by atoms with Gasteiger partial charge in [0, 0.05) is 23.6 Å². The molecule has 0 unspecified atom stereocenters. The molecule has 0 saturated heterocycles. The molecule has 2 aromatic heterocycles. The van der Waals surface area contributed by atoms with Crippen LogP contribution >= 0.6 is 0 Å². The maximum absolute atomic E-state index is 5.38. The van der Waals surface area contributed by atoms with Crippen molar-refractivity contribution in [3.05, 3.63) is 30.3 Å². The van der Waals surface area contributed by atoms with Crippen molar-refractivity contribution in [2.24, 2.45) is 0 Å². The van der Waals surface area contributed by atoms with E-state index in [4.69, 9.17) is 4.42 Å². The molecule has 4 nitrogen and oxygen atoms in total. The van der Waals surface area contributed by atoms with Gasteiger partial charge >= 0.3 is 0 Å². The van der Waals surface area contributed by atoms with Crippen LogP contribution in [0.15, 0.2) is 29.1 Å². The first-order chi connectivity index (χ1) is 9.33. The summed E-state index contributed by atoms with van der Waals surface area (Å²) in [6, 6.07) is 4.03. The number of hydrogen-bond donors (Lipinski definition) is 1. The highest BCUT2D eigenvalue weighted by molar-refractivity contribution is 6.04. The number of oxazole rings is 1. The zero-order valence-electron chi connectivity index (χ0n) is 11.4. The minimum Gasteiger partial charge on any atom is -0.443 e. The van der Waals surface area contributed by atoms with Gasteiger partial charge in [-0.15, -0.1) is 0 Å². The van der Waals surface area contributed by atoms with Crippen molar-refractivity contribution in [3.63, 3.8) is 0 Å². The number of aromatic nitrogens is 2. The van der Waals surface area contributed by atoms with Crippen molar-refractivity contribution >= 4 is 22.0 Å². The fourth-order valence-corrected chi connectivity index (χ4v) is 2.63. The molecule has 0 aliphatic rings. The predicted molar refractivity (Wildman–Crippen MR) is 77.4 cm³/mol. The number of fused-ring (bicyclic) bond motifs is 3. The highest BCUT2D eigenvalue weighted by Crippen LogP contribution is 2.27. The Bertz CT molecular complexity index is 679. The fraction of sp³-hybridized carbons (Fsp3) is 0.400. The van der Waals surface area contributed by atoms with Crippen LogP contribution in [0.5, 0.6) is 0 Å². The first-order valence-electron chi connectivity index (χ1n) is 6.88. The van der Waals surface area contributed by atoms with Crippen molar-refractivity contribution in [2.75, 3.05) is 19.6 Å². The molecule has 3 aromatic rings. The van der Waals surface area contributed by atoms with Gasteiger partial charge in [-0.3, -0.25) is 0 Å². The Balaban J connectivity index is 1.97. The topological polar surface area (TPSA) is 45.1 Å². The summed E-state index contributed by atoms with van der Waals surface area (Å²) in [7, 11) is 0. The van der Waals surface area contributed by atoms with Crippen LogP contribution < -0.4 is 0 Å². The van der Waals surface area contributed by atoms with Crippen LogP contribution in [0.25, 0.3) is 22.0 Å². The highest BCUT2D eigenvalue weighted by Gasteiger charge is 2.11. The molecule has 0 spiro atoms. The van der Waals surface area contributed by atoms with E-state index < -0.39 is 0 Å². The number of nitrogens with zero attached hydrogens (tertiary/aromatic N) is 2. The molecule has 0 aliphatic carbocycles. The Morgan fingerprint density at radius 1 is 1.26 bits per heavy atom. The average molecular weight is 257 g/mol. The molecular weight excluding hydrogens is 238 g/mol. The summed E-state index contributed by atoms with van der Waals surface area (Å²) in [4.78, 5) is 10.1. The standard InChI is InChI=1S/C15H19N3O/c1-3-18(4-2)8-7-11-9-16-12-5-6-13-15(14(11)12)17-10-19-13/h5-6,9-10,16H,3-4,7-8H2,1-2H3.